The summed E-state index contributed by atoms with van der Waals surface area (Å²) in [5.74, 6) is -0.0205. The van der Waals surface area contributed by atoms with Crippen LogP contribution in [0.15, 0.2) is 0 Å². The number of alkyl halides is 1. The fraction of sp³-hybridized carbons (Fsp3) is 0.955. The summed E-state index contributed by atoms with van der Waals surface area (Å²) in [4.78, 5) is 21.8. The van der Waals surface area contributed by atoms with Gasteiger partial charge >= 0.3 is 7.82 Å². The minimum absolute atomic E-state index is 0.0205. The number of halogens is 1. The van der Waals surface area contributed by atoms with E-state index in [4.69, 9.17) is 13.8 Å². The lowest BCUT2D eigenvalue weighted by Crippen LogP contribution is -2.36. The molecule has 0 fully saturated rings. The maximum absolute atomic E-state index is 12.1. The van der Waals surface area contributed by atoms with Crippen LogP contribution < -0.4 is 5.32 Å². The van der Waals surface area contributed by atoms with Gasteiger partial charge in [-0.25, -0.2) is 4.57 Å². The summed E-state index contributed by atoms with van der Waals surface area (Å²) in [5, 5.41) is 3.30. The number of rotatable bonds is 23. The maximum Gasteiger partial charge on any atom is 0.472 e. The number of carbonyl (C=O) groups is 1. The van der Waals surface area contributed by atoms with Crippen LogP contribution in [0, 0.1) is 0 Å². The van der Waals surface area contributed by atoms with Crippen molar-refractivity contribution in [3.8, 4) is 0 Å². The second-order valence-corrected chi connectivity index (χ2v) is 10.1. The van der Waals surface area contributed by atoms with Crippen LogP contribution in [0.1, 0.15) is 97.3 Å². The number of hydrogen-bond donors (Lipinski definition) is 2. The first-order valence-corrected chi connectivity index (χ1v) is 14.6. The van der Waals surface area contributed by atoms with Gasteiger partial charge in [0, 0.05) is 24.9 Å². The monoisotopic (exact) mass is 529 g/mol. The molecule has 186 valence electrons. The van der Waals surface area contributed by atoms with Crippen LogP contribution in [0.3, 0.4) is 0 Å². The zero-order valence-electron chi connectivity index (χ0n) is 19.6. The van der Waals surface area contributed by atoms with Gasteiger partial charge in [-0.15, -0.1) is 0 Å². The van der Waals surface area contributed by atoms with Crippen molar-refractivity contribution >= 4 is 29.7 Å². The predicted molar refractivity (Wildman–Crippen MR) is 130 cm³/mol. The summed E-state index contributed by atoms with van der Waals surface area (Å²) in [5.41, 5.74) is 0. The van der Waals surface area contributed by atoms with E-state index in [9.17, 15) is 14.3 Å². The van der Waals surface area contributed by atoms with Crippen molar-refractivity contribution in [2.24, 2.45) is 0 Å². The standard InChI is InChI=1S/C22H45BrNO6P/c1-3-5-7-8-9-10-11-12-13-15-22(25)24-19-21(28-17-14-6-4-2)20-30-31(26,27)29-18-16-23/h21H,3-20H2,1-2H3,(H,24,25)(H,26,27). The average Bonchev–Trinajstić information content (AvgIpc) is 2.75. The first-order chi connectivity index (χ1) is 14.9. The molecule has 2 atom stereocenters. The highest BCUT2D eigenvalue weighted by Crippen LogP contribution is 2.43. The number of ether oxygens (including phenoxy) is 1. The zero-order valence-corrected chi connectivity index (χ0v) is 22.1. The van der Waals surface area contributed by atoms with Crippen LogP contribution in [0.4, 0.5) is 0 Å². The third-order valence-electron chi connectivity index (χ3n) is 4.89. The Hall–Kier alpha value is 0.0200. The predicted octanol–water partition coefficient (Wildman–Crippen LogP) is 6.13. The fourth-order valence-corrected chi connectivity index (χ4v) is 4.21. The van der Waals surface area contributed by atoms with Gasteiger partial charge in [-0.3, -0.25) is 13.8 Å². The molecule has 0 rings (SSSR count). The number of nitrogens with one attached hydrogen (secondary N) is 1. The molecular weight excluding hydrogens is 485 g/mol. The van der Waals surface area contributed by atoms with E-state index in [1.165, 1.54) is 44.9 Å². The third-order valence-corrected chi connectivity index (χ3v) is 6.20. The first-order valence-electron chi connectivity index (χ1n) is 12.0. The van der Waals surface area contributed by atoms with E-state index in [0.29, 0.717) is 18.4 Å². The number of amides is 1. The van der Waals surface area contributed by atoms with E-state index in [2.05, 4.69) is 35.1 Å². The van der Waals surface area contributed by atoms with Crippen LogP contribution in [-0.4, -0.2) is 48.6 Å². The van der Waals surface area contributed by atoms with E-state index in [1.54, 1.807) is 0 Å². The molecule has 0 heterocycles. The normalized spacial score (nSPS) is 14.3. The van der Waals surface area contributed by atoms with Crippen LogP contribution in [0.2, 0.25) is 0 Å². The second-order valence-electron chi connectivity index (χ2n) is 7.87. The Morgan fingerprint density at radius 3 is 2.10 bits per heavy atom. The van der Waals surface area contributed by atoms with Crippen molar-refractivity contribution in [1.82, 2.24) is 5.32 Å². The molecule has 0 radical (unpaired) electrons. The van der Waals surface area contributed by atoms with E-state index in [-0.39, 0.29) is 25.7 Å². The fourth-order valence-electron chi connectivity index (χ4n) is 3.04. The molecule has 2 N–H and O–H groups in total. The zero-order chi connectivity index (χ0) is 23.2. The largest absolute Gasteiger partial charge is 0.472 e. The Morgan fingerprint density at radius 2 is 1.48 bits per heavy atom. The van der Waals surface area contributed by atoms with E-state index < -0.39 is 13.9 Å². The minimum Gasteiger partial charge on any atom is -0.374 e. The lowest BCUT2D eigenvalue weighted by atomic mass is 10.1. The number of carbonyl (C=O) groups excluding carboxylic acids is 1. The van der Waals surface area contributed by atoms with Gasteiger partial charge in [0.05, 0.1) is 19.3 Å². The second kappa shape index (κ2) is 21.8. The molecule has 7 nitrogen and oxygen atoms in total. The van der Waals surface area contributed by atoms with E-state index in [0.717, 1.165) is 32.1 Å². The highest BCUT2D eigenvalue weighted by molar-refractivity contribution is 9.09. The Bertz CT molecular complexity index is 469. The lowest BCUT2D eigenvalue weighted by molar-refractivity contribution is -0.122. The highest BCUT2D eigenvalue weighted by Gasteiger charge is 2.23. The number of phosphoric ester groups is 1. The Morgan fingerprint density at radius 1 is 0.903 bits per heavy atom. The summed E-state index contributed by atoms with van der Waals surface area (Å²) in [7, 11) is -4.12. The summed E-state index contributed by atoms with van der Waals surface area (Å²) < 4.78 is 27.4. The van der Waals surface area contributed by atoms with Crippen LogP contribution >= 0.6 is 23.8 Å². The Kier molecular flexibility index (Phi) is 21.9. The van der Waals surface area contributed by atoms with Crippen LogP contribution in [-0.2, 0) is 23.1 Å². The molecule has 0 bridgehead atoms. The van der Waals surface area contributed by atoms with Gasteiger partial charge in [-0.1, -0.05) is 94.0 Å². The Labute approximate surface area is 198 Å². The molecule has 2 unspecified atom stereocenters. The van der Waals surface area contributed by atoms with Gasteiger partial charge < -0.3 is 14.9 Å². The first kappa shape index (κ1) is 31.0. The van der Waals surface area contributed by atoms with E-state index in [1.807, 2.05) is 0 Å². The summed E-state index contributed by atoms with van der Waals surface area (Å²) >= 11 is 3.13. The average molecular weight is 530 g/mol. The van der Waals surface area contributed by atoms with Crippen molar-refractivity contribution < 1.29 is 28.0 Å². The number of unbranched alkanes of at least 4 members (excludes halogenated alkanes) is 10. The molecule has 0 aromatic rings. The minimum atomic E-state index is -4.12. The molecule has 9 heteroatoms. The van der Waals surface area contributed by atoms with Crippen molar-refractivity contribution in [3.05, 3.63) is 0 Å². The maximum atomic E-state index is 12.1. The topological polar surface area (TPSA) is 94.1 Å². The highest BCUT2D eigenvalue weighted by atomic mass is 79.9. The summed E-state index contributed by atoms with van der Waals surface area (Å²) in [6.07, 6.45) is 13.9. The molecule has 0 aromatic carbocycles. The molecule has 0 saturated carbocycles. The summed E-state index contributed by atoms with van der Waals surface area (Å²) in [6.45, 7) is 5.07. The molecule has 0 spiro atoms. The third kappa shape index (κ3) is 21.6. The molecule has 0 aliphatic heterocycles. The molecule has 0 saturated heterocycles. The summed E-state index contributed by atoms with van der Waals surface area (Å²) in [6, 6.07) is 0. The molecule has 0 aliphatic carbocycles. The van der Waals surface area contributed by atoms with E-state index >= 15 is 0 Å². The van der Waals surface area contributed by atoms with Crippen LogP contribution in [0.5, 0.6) is 0 Å². The van der Waals surface area contributed by atoms with Crippen molar-refractivity contribution in [2.45, 2.75) is 103 Å². The van der Waals surface area contributed by atoms with Crippen molar-refractivity contribution in [2.75, 3.05) is 31.7 Å². The molecule has 31 heavy (non-hydrogen) atoms. The van der Waals surface area contributed by atoms with Crippen molar-refractivity contribution in [3.63, 3.8) is 0 Å². The van der Waals surface area contributed by atoms with Gasteiger partial charge in [0.15, 0.2) is 0 Å². The number of phosphoric acid groups is 1. The SMILES string of the molecule is CCCCCCCCCCCC(=O)NCC(COP(=O)(O)OCCBr)OCCCCC. The number of hydrogen-bond acceptors (Lipinski definition) is 5. The van der Waals surface area contributed by atoms with Crippen LogP contribution in [0.25, 0.3) is 0 Å². The molecule has 1 amide bonds. The smallest absolute Gasteiger partial charge is 0.374 e. The quantitative estimate of drug-likeness (QED) is 0.0938. The van der Waals surface area contributed by atoms with Gasteiger partial charge in [0.2, 0.25) is 5.91 Å². The molecule has 0 aromatic heterocycles. The van der Waals surface area contributed by atoms with Gasteiger partial charge in [0.25, 0.3) is 0 Å². The molecular formula is C22H45BrNO6P. The Balaban J connectivity index is 4.08. The van der Waals surface area contributed by atoms with Gasteiger partial charge in [-0.05, 0) is 12.8 Å². The van der Waals surface area contributed by atoms with Gasteiger partial charge in [0.1, 0.15) is 0 Å². The molecule has 0 aliphatic rings. The van der Waals surface area contributed by atoms with Crippen molar-refractivity contribution in [1.29, 1.82) is 0 Å². The lowest BCUT2D eigenvalue weighted by Gasteiger charge is -2.20. The van der Waals surface area contributed by atoms with Gasteiger partial charge in [-0.2, -0.15) is 0 Å².